The molecule has 31 heavy (non-hydrogen) atoms. The van der Waals surface area contributed by atoms with Crippen molar-refractivity contribution < 1.29 is 14.4 Å². The minimum atomic E-state index is -0.833. The van der Waals surface area contributed by atoms with Crippen molar-refractivity contribution in [2.45, 2.75) is 60.8 Å². The fourth-order valence-electron chi connectivity index (χ4n) is 4.16. The van der Waals surface area contributed by atoms with E-state index in [1.165, 1.54) is 10.5 Å². The molecule has 6 nitrogen and oxygen atoms in total. The van der Waals surface area contributed by atoms with Gasteiger partial charge in [0, 0.05) is 21.4 Å². The normalized spacial score (nSPS) is 23.0. The summed E-state index contributed by atoms with van der Waals surface area (Å²) in [6.07, 6.45) is 2.10. The third kappa shape index (κ3) is 4.77. The van der Waals surface area contributed by atoms with Gasteiger partial charge in [0.05, 0.1) is 0 Å². The van der Waals surface area contributed by atoms with E-state index >= 15 is 0 Å². The van der Waals surface area contributed by atoms with E-state index in [0.29, 0.717) is 31.6 Å². The highest BCUT2D eigenvalue weighted by Crippen LogP contribution is 2.35. The molecule has 0 radical (unpaired) electrons. The first kappa shape index (κ1) is 21.4. The largest absolute Gasteiger partial charge is 0.326 e. The van der Waals surface area contributed by atoms with Gasteiger partial charge in [-0.25, -0.2) is 4.79 Å². The summed E-state index contributed by atoms with van der Waals surface area (Å²) in [7, 11) is 0. The maximum Gasteiger partial charge on any atom is 0.322 e. The van der Waals surface area contributed by atoms with Gasteiger partial charge >= 0.3 is 6.03 Å². The van der Waals surface area contributed by atoms with Crippen molar-refractivity contribution in [2.24, 2.45) is 5.92 Å². The summed E-state index contributed by atoms with van der Waals surface area (Å²) in [5.74, 6) is 0.0442. The SMILES string of the molecule is CC(C)c1ccc(Sc2ccc(NC(=O)C3CCC4(CC3)NC(=O)NC4=O)cc2)cc1. The lowest BCUT2D eigenvalue weighted by Gasteiger charge is -2.33. The summed E-state index contributed by atoms with van der Waals surface area (Å²) in [5, 5.41) is 8.01. The number of hydrogen-bond donors (Lipinski definition) is 3. The van der Waals surface area contributed by atoms with Crippen LogP contribution in [0.3, 0.4) is 0 Å². The van der Waals surface area contributed by atoms with E-state index in [0.717, 1.165) is 10.6 Å². The van der Waals surface area contributed by atoms with Crippen LogP contribution in [0.25, 0.3) is 0 Å². The molecule has 2 aliphatic rings. The second-order valence-corrected chi connectivity index (χ2v) is 9.75. The van der Waals surface area contributed by atoms with Crippen LogP contribution in [0.4, 0.5) is 10.5 Å². The molecule has 0 unspecified atom stereocenters. The molecule has 1 saturated heterocycles. The Morgan fingerprint density at radius 3 is 2.10 bits per heavy atom. The topological polar surface area (TPSA) is 87.3 Å². The standard InChI is InChI=1S/C24H27N3O3S/c1-15(2)16-3-7-19(8-4-16)31-20-9-5-18(6-10-20)25-21(28)17-11-13-24(14-12-17)22(29)26-23(30)27-24/h3-10,15,17H,11-14H2,1-2H3,(H,25,28)(H2,26,27,29,30). The number of benzene rings is 2. The molecule has 2 aromatic carbocycles. The van der Waals surface area contributed by atoms with Crippen molar-refractivity contribution in [1.82, 2.24) is 10.6 Å². The maximum absolute atomic E-state index is 12.7. The van der Waals surface area contributed by atoms with Crippen LogP contribution in [-0.2, 0) is 9.59 Å². The van der Waals surface area contributed by atoms with Crippen LogP contribution in [0.2, 0.25) is 0 Å². The van der Waals surface area contributed by atoms with E-state index in [9.17, 15) is 14.4 Å². The van der Waals surface area contributed by atoms with Crippen LogP contribution in [0.15, 0.2) is 58.3 Å². The van der Waals surface area contributed by atoms with Gasteiger partial charge in [-0.1, -0.05) is 37.7 Å². The zero-order valence-corrected chi connectivity index (χ0v) is 18.6. The smallest absolute Gasteiger partial charge is 0.322 e. The van der Waals surface area contributed by atoms with Crippen LogP contribution in [0.5, 0.6) is 0 Å². The molecule has 1 aliphatic heterocycles. The zero-order chi connectivity index (χ0) is 22.0. The predicted octanol–water partition coefficient (Wildman–Crippen LogP) is 4.67. The Morgan fingerprint density at radius 2 is 1.58 bits per heavy atom. The zero-order valence-electron chi connectivity index (χ0n) is 17.7. The van der Waals surface area contributed by atoms with Crippen molar-refractivity contribution in [3.8, 4) is 0 Å². The van der Waals surface area contributed by atoms with Crippen molar-refractivity contribution >= 4 is 35.3 Å². The van der Waals surface area contributed by atoms with E-state index in [1.54, 1.807) is 11.8 Å². The van der Waals surface area contributed by atoms with E-state index < -0.39 is 11.6 Å². The quantitative estimate of drug-likeness (QED) is 0.594. The van der Waals surface area contributed by atoms with Crippen molar-refractivity contribution in [3.05, 3.63) is 54.1 Å². The summed E-state index contributed by atoms with van der Waals surface area (Å²) >= 11 is 1.69. The number of hydrogen-bond acceptors (Lipinski definition) is 4. The number of amides is 4. The van der Waals surface area contributed by atoms with Gasteiger partial charge in [0.25, 0.3) is 5.91 Å². The number of carbonyl (C=O) groups is 3. The van der Waals surface area contributed by atoms with Gasteiger partial charge in [0.2, 0.25) is 5.91 Å². The Kier molecular flexibility index (Phi) is 6.05. The molecule has 1 saturated carbocycles. The summed E-state index contributed by atoms with van der Waals surface area (Å²) in [6.45, 7) is 4.37. The lowest BCUT2D eigenvalue weighted by atomic mass is 9.76. The second kappa shape index (κ2) is 8.75. The fraction of sp³-hybridized carbons (Fsp3) is 0.375. The first-order valence-electron chi connectivity index (χ1n) is 10.7. The molecule has 2 fully saturated rings. The number of anilines is 1. The van der Waals surface area contributed by atoms with E-state index in [1.807, 2.05) is 24.3 Å². The van der Waals surface area contributed by atoms with Crippen LogP contribution in [0, 0.1) is 5.92 Å². The fourth-order valence-corrected chi connectivity index (χ4v) is 4.98. The van der Waals surface area contributed by atoms with Crippen molar-refractivity contribution in [3.63, 3.8) is 0 Å². The van der Waals surface area contributed by atoms with E-state index in [2.05, 4.69) is 54.1 Å². The number of nitrogens with one attached hydrogen (secondary N) is 3. The molecule has 2 aromatic rings. The molecule has 7 heteroatoms. The Labute approximate surface area is 186 Å². The van der Waals surface area contributed by atoms with Gasteiger partial charge in [-0.05, 0) is 73.6 Å². The Morgan fingerprint density at radius 1 is 1.00 bits per heavy atom. The van der Waals surface area contributed by atoms with Gasteiger partial charge in [-0.2, -0.15) is 0 Å². The molecule has 0 atom stereocenters. The number of urea groups is 1. The average molecular weight is 438 g/mol. The third-order valence-electron chi connectivity index (χ3n) is 6.13. The van der Waals surface area contributed by atoms with Crippen molar-refractivity contribution in [2.75, 3.05) is 5.32 Å². The molecule has 3 N–H and O–H groups in total. The lowest BCUT2D eigenvalue weighted by Crippen LogP contribution is -2.50. The molecule has 0 bridgehead atoms. The molecule has 162 valence electrons. The minimum absolute atomic E-state index is 0.0377. The Hall–Kier alpha value is -2.80. The summed E-state index contributed by atoms with van der Waals surface area (Å²) in [6, 6.07) is 16.0. The number of rotatable bonds is 5. The first-order valence-corrected chi connectivity index (χ1v) is 11.5. The average Bonchev–Trinajstić information content (AvgIpc) is 3.02. The van der Waals surface area contributed by atoms with Crippen LogP contribution >= 0.6 is 11.8 Å². The molecular weight excluding hydrogens is 410 g/mol. The highest BCUT2D eigenvalue weighted by atomic mass is 32.2. The highest BCUT2D eigenvalue weighted by Gasteiger charge is 2.48. The molecule has 1 spiro atoms. The monoisotopic (exact) mass is 437 g/mol. The minimum Gasteiger partial charge on any atom is -0.326 e. The summed E-state index contributed by atoms with van der Waals surface area (Å²) in [4.78, 5) is 38.5. The van der Waals surface area contributed by atoms with Crippen LogP contribution in [-0.4, -0.2) is 23.4 Å². The molecule has 1 aliphatic carbocycles. The van der Waals surface area contributed by atoms with E-state index in [-0.39, 0.29) is 17.7 Å². The lowest BCUT2D eigenvalue weighted by molar-refractivity contribution is -0.128. The molecular formula is C24H27N3O3S. The Bertz CT molecular complexity index is 978. The van der Waals surface area contributed by atoms with Crippen molar-refractivity contribution in [1.29, 1.82) is 0 Å². The van der Waals surface area contributed by atoms with Gasteiger partial charge in [-0.3, -0.25) is 14.9 Å². The third-order valence-corrected chi connectivity index (χ3v) is 7.14. The van der Waals surface area contributed by atoms with Gasteiger partial charge in [-0.15, -0.1) is 0 Å². The predicted molar refractivity (Wildman–Crippen MR) is 121 cm³/mol. The van der Waals surface area contributed by atoms with Crippen LogP contribution < -0.4 is 16.0 Å². The summed E-state index contributed by atoms with van der Waals surface area (Å²) < 4.78 is 0. The van der Waals surface area contributed by atoms with E-state index in [4.69, 9.17) is 0 Å². The van der Waals surface area contributed by atoms with Crippen LogP contribution in [0.1, 0.15) is 51.0 Å². The molecule has 0 aromatic heterocycles. The van der Waals surface area contributed by atoms with Gasteiger partial charge in [0.1, 0.15) is 5.54 Å². The highest BCUT2D eigenvalue weighted by molar-refractivity contribution is 7.99. The van der Waals surface area contributed by atoms with Gasteiger partial charge in [0.15, 0.2) is 0 Å². The Balaban J connectivity index is 1.30. The number of imide groups is 1. The molecule has 4 amide bonds. The second-order valence-electron chi connectivity index (χ2n) is 8.60. The first-order chi connectivity index (χ1) is 14.8. The number of carbonyl (C=O) groups excluding carboxylic acids is 3. The molecule has 1 heterocycles. The molecule has 4 rings (SSSR count). The maximum atomic E-state index is 12.7. The van der Waals surface area contributed by atoms with Gasteiger partial charge < -0.3 is 10.6 Å². The summed E-state index contributed by atoms with van der Waals surface area (Å²) in [5.41, 5.74) is 1.25.